The fourth-order valence-electron chi connectivity index (χ4n) is 3.56. The number of nitrogens with one attached hydrogen (secondary N) is 1. The second-order valence-electron chi connectivity index (χ2n) is 6.40. The molecule has 2 fully saturated rings. The second kappa shape index (κ2) is 7.60. The first-order valence-corrected chi connectivity index (χ1v) is 8.44. The predicted molar refractivity (Wildman–Crippen MR) is 89.9 cm³/mol. The van der Waals surface area contributed by atoms with Crippen molar-refractivity contribution in [3.05, 3.63) is 33.9 Å². The number of rotatable bonds is 4. The summed E-state index contributed by atoms with van der Waals surface area (Å²) in [4.78, 5) is 13.3. The van der Waals surface area contributed by atoms with Crippen molar-refractivity contribution < 1.29 is 9.66 Å². The molecule has 7 nitrogen and oxygen atoms in total. The van der Waals surface area contributed by atoms with E-state index in [1.165, 1.54) is 12.1 Å². The number of benzene rings is 1. The van der Waals surface area contributed by atoms with Gasteiger partial charge in [0.1, 0.15) is 5.69 Å². The minimum Gasteiger partial charge on any atom is -0.381 e. The molecule has 0 spiro atoms. The predicted octanol–water partition coefficient (Wildman–Crippen LogP) is 2.52. The number of hydrogen-bond donors (Lipinski definition) is 1. The number of piperidine rings is 1. The number of nitro groups is 1. The van der Waals surface area contributed by atoms with Gasteiger partial charge >= 0.3 is 0 Å². The van der Waals surface area contributed by atoms with Gasteiger partial charge in [-0.1, -0.05) is 0 Å². The Morgan fingerprint density at radius 2 is 1.96 bits per heavy atom. The SMILES string of the molecule is N#Cc1ccc([N+](=O)[O-])c(NC2CCN(C3CCOCC3)CC2)c1. The fraction of sp³-hybridized carbons (Fsp3) is 0.588. The summed E-state index contributed by atoms with van der Waals surface area (Å²) in [5.74, 6) is 0. The van der Waals surface area contributed by atoms with Gasteiger partial charge in [0.05, 0.1) is 16.6 Å². The minimum absolute atomic E-state index is 0.0286. The topological polar surface area (TPSA) is 91.4 Å². The van der Waals surface area contributed by atoms with E-state index in [4.69, 9.17) is 10.00 Å². The Morgan fingerprint density at radius 1 is 1.25 bits per heavy atom. The van der Waals surface area contributed by atoms with E-state index < -0.39 is 4.92 Å². The maximum atomic E-state index is 11.2. The molecule has 2 saturated heterocycles. The number of likely N-dealkylation sites (tertiary alicyclic amines) is 1. The van der Waals surface area contributed by atoms with Crippen LogP contribution in [0.15, 0.2) is 18.2 Å². The third-order valence-corrected chi connectivity index (χ3v) is 4.92. The van der Waals surface area contributed by atoms with E-state index in [0.717, 1.165) is 52.0 Å². The standard InChI is InChI=1S/C17H22N4O3/c18-12-13-1-2-17(21(22)23)16(11-13)19-14-3-7-20(8-4-14)15-5-9-24-10-6-15/h1-2,11,14-15,19H,3-10H2. The minimum atomic E-state index is -0.402. The number of ether oxygens (including phenoxy) is 1. The summed E-state index contributed by atoms with van der Waals surface area (Å²) in [6.07, 6.45) is 4.08. The van der Waals surface area contributed by atoms with Crippen LogP contribution in [0.3, 0.4) is 0 Å². The van der Waals surface area contributed by atoms with Crippen molar-refractivity contribution in [2.24, 2.45) is 0 Å². The third-order valence-electron chi connectivity index (χ3n) is 4.92. The van der Waals surface area contributed by atoms with Crippen LogP contribution in [0.5, 0.6) is 0 Å². The van der Waals surface area contributed by atoms with E-state index in [9.17, 15) is 10.1 Å². The van der Waals surface area contributed by atoms with Crippen molar-refractivity contribution in [2.75, 3.05) is 31.6 Å². The zero-order valence-corrected chi connectivity index (χ0v) is 13.6. The number of anilines is 1. The van der Waals surface area contributed by atoms with Crippen LogP contribution < -0.4 is 5.32 Å². The molecule has 0 radical (unpaired) electrons. The molecule has 0 amide bonds. The summed E-state index contributed by atoms with van der Waals surface area (Å²) >= 11 is 0. The van der Waals surface area contributed by atoms with Gasteiger partial charge in [0, 0.05) is 44.5 Å². The molecular formula is C17H22N4O3. The molecule has 24 heavy (non-hydrogen) atoms. The Morgan fingerprint density at radius 3 is 2.58 bits per heavy atom. The molecular weight excluding hydrogens is 308 g/mol. The largest absolute Gasteiger partial charge is 0.381 e. The van der Waals surface area contributed by atoms with Crippen LogP contribution in [0.25, 0.3) is 0 Å². The summed E-state index contributed by atoms with van der Waals surface area (Å²) in [6.45, 7) is 3.67. The molecule has 7 heteroatoms. The van der Waals surface area contributed by atoms with Crippen LogP contribution in [-0.4, -0.2) is 48.2 Å². The van der Waals surface area contributed by atoms with Crippen molar-refractivity contribution >= 4 is 11.4 Å². The van der Waals surface area contributed by atoms with E-state index in [-0.39, 0.29) is 11.7 Å². The Hall–Kier alpha value is -2.17. The van der Waals surface area contributed by atoms with Crippen molar-refractivity contribution in [2.45, 2.75) is 37.8 Å². The van der Waals surface area contributed by atoms with Gasteiger partial charge < -0.3 is 15.0 Å². The highest BCUT2D eigenvalue weighted by molar-refractivity contribution is 5.64. The van der Waals surface area contributed by atoms with Crippen LogP contribution >= 0.6 is 0 Å². The van der Waals surface area contributed by atoms with E-state index in [2.05, 4.69) is 10.2 Å². The first kappa shape index (κ1) is 16.7. The first-order chi connectivity index (χ1) is 11.7. The highest BCUT2D eigenvalue weighted by atomic mass is 16.6. The molecule has 0 bridgehead atoms. The Kier molecular flexibility index (Phi) is 5.28. The van der Waals surface area contributed by atoms with Gasteiger partial charge in [-0.3, -0.25) is 10.1 Å². The lowest BCUT2D eigenvalue weighted by atomic mass is 9.99. The number of nitro benzene ring substituents is 1. The quantitative estimate of drug-likeness (QED) is 0.674. The molecule has 0 aliphatic carbocycles. The molecule has 2 aliphatic heterocycles. The van der Waals surface area contributed by atoms with Crippen LogP contribution in [0.4, 0.5) is 11.4 Å². The fourth-order valence-corrected chi connectivity index (χ4v) is 3.56. The average molecular weight is 330 g/mol. The van der Waals surface area contributed by atoms with Crippen molar-refractivity contribution in [3.63, 3.8) is 0 Å². The molecule has 128 valence electrons. The highest BCUT2D eigenvalue weighted by Crippen LogP contribution is 2.28. The summed E-state index contributed by atoms with van der Waals surface area (Å²) < 4.78 is 5.42. The third kappa shape index (κ3) is 3.83. The van der Waals surface area contributed by atoms with E-state index >= 15 is 0 Å². The van der Waals surface area contributed by atoms with Crippen LogP contribution in [0.2, 0.25) is 0 Å². The maximum absolute atomic E-state index is 11.2. The van der Waals surface area contributed by atoms with E-state index in [0.29, 0.717) is 17.3 Å². The zero-order chi connectivity index (χ0) is 16.9. The molecule has 0 aromatic heterocycles. The first-order valence-electron chi connectivity index (χ1n) is 8.44. The normalized spacial score (nSPS) is 20.5. The van der Waals surface area contributed by atoms with Gasteiger partial charge in [0.25, 0.3) is 5.69 Å². The second-order valence-corrected chi connectivity index (χ2v) is 6.40. The van der Waals surface area contributed by atoms with Gasteiger partial charge in [-0.15, -0.1) is 0 Å². The van der Waals surface area contributed by atoms with Gasteiger partial charge in [-0.2, -0.15) is 5.26 Å². The Bertz CT molecular complexity index is 629. The van der Waals surface area contributed by atoms with E-state index in [1.54, 1.807) is 6.07 Å². The lowest BCUT2D eigenvalue weighted by Crippen LogP contribution is -2.46. The monoisotopic (exact) mass is 330 g/mol. The smallest absolute Gasteiger partial charge is 0.292 e. The van der Waals surface area contributed by atoms with Gasteiger partial charge in [-0.05, 0) is 37.8 Å². The summed E-state index contributed by atoms with van der Waals surface area (Å²) in [6, 6.07) is 7.30. The molecule has 0 atom stereocenters. The van der Waals surface area contributed by atoms with Gasteiger partial charge in [0.15, 0.2) is 0 Å². The lowest BCUT2D eigenvalue weighted by molar-refractivity contribution is -0.384. The molecule has 2 aliphatic rings. The lowest BCUT2D eigenvalue weighted by Gasteiger charge is -2.39. The average Bonchev–Trinajstić information content (AvgIpc) is 2.63. The van der Waals surface area contributed by atoms with Crippen LogP contribution in [0.1, 0.15) is 31.2 Å². The highest BCUT2D eigenvalue weighted by Gasteiger charge is 2.27. The summed E-state index contributed by atoms with van der Waals surface area (Å²) in [7, 11) is 0. The number of nitriles is 1. The molecule has 2 heterocycles. The zero-order valence-electron chi connectivity index (χ0n) is 13.6. The summed E-state index contributed by atoms with van der Waals surface area (Å²) in [5, 5.41) is 23.5. The molecule has 1 N–H and O–H groups in total. The molecule has 1 aromatic rings. The Balaban J connectivity index is 1.61. The Labute approximate surface area is 141 Å². The molecule has 0 unspecified atom stereocenters. The van der Waals surface area contributed by atoms with Crippen molar-refractivity contribution in [1.29, 1.82) is 5.26 Å². The van der Waals surface area contributed by atoms with Crippen LogP contribution in [-0.2, 0) is 4.74 Å². The van der Waals surface area contributed by atoms with Crippen LogP contribution in [0, 0.1) is 21.4 Å². The van der Waals surface area contributed by atoms with Crippen molar-refractivity contribution in [3.8, 4) is 6.07 Å². The molecule has 3 rings (SSSR count). The molecule has 0 saturated carbocycles. The van der Waals surface area contributed by atoms with Gasteiger partial charge in [0.2, 0.25) is 0 Å². The molecule has 1 aromatic carbocycles. The number of nitrogens with zero attached hydrogens (tertiary/aromatic N) is 3. The van der Waals surface area contributed by atoms with Crippen molar-refractivity contribution in [1.82, 2.24) is 4.90 Å². The summed E-state index contributed by atoms with van der Waals surface area (Å²) in [5.41, 5.74) is 0.909. The maximum Gasteiger partial charge on any atom is 0.292 e. The van der Waals surface area contributed by atoms with Gasteiger partial charge in [-0.25, -0.2) is 0 Å². The number of hydrogen-bond acceptors (Lipinski definition) is 6. The van der Waals surface area contributed by atoms with E-state index in [1.807, 2.05) is 6.07 Å².